The van der Waals surface area contributed by atoms with Crippen LogP contribution in [-0.2, 0) is 30.2 Å². The van der Waals surface area contributed by atoms with Gasteiger partial charge in [0.2, 0.25) is 0 Å². The van der Waals surface area contributed by atoms with E-state index in [4.69, 9.17) is 9.15 Å². The summed E-state index contributed by atoms with van der Waals surface area (Å²) in [7, 11) is 1.64. The van der Waals surface area contributed by atoms with Crippen molar-refractivity contribution < 1.29 is 13.9 Å². The van der Waals surface area contributed by atoms with Crippen molar-refractivity contribution in [3.8, 4) is 0 Å². The number of ether oxygens (including phenoxy) is 1. The van der Waals surface area contributed by atoms with Crippen LogP contribution in [0.15, 0.2) is 82.6 Å². The van der Waals surface area contributed by atoms with Gasteiger partial charge in [0.1, 0.15) is 12.4 Å². The van der Waals surface area contributed by atoms with E-state index in [1.54, 1.807) is 31.2 Å². The van der Waals surface area contributed by atoms with Gasteiger partial charge in [-0.25, -0.2) is 0 Å². The van der Waals surface area contributed by atoms with Crippen LogP contribution < -0.4 is 5.32 Å². The van der Waals surface area contributed by atoms with Crippen LogP contribution in [0.1, 0.15) is 33.1 Å². The number of carbonyl (C=O) groups excluding carboxylic acids is 1. The van der Waals surface area contributed by atoms with Crippen LogP contribution in [0.5, 0.6) is 0 Å². The zero-order valence-corrected chi connectivity index (χ0v) is 18.5. The highest BCUT2D eigenvalue weighted by molar-refractivity contribution is 7.98. The molecule has 4 aromatic rings. The van der Waals surface area contributed by atoms with Crippen LogP contribution >= 0.6 is 11.8 Å². The normalized spacial score (nSPS) is 10.9. The fourth-order valence-corrected chi connectivity index (χ4v) is 4.23. The summed E-state index contributed by atoms with van der Waals surface area (Å²) in [6, 6.07) is 21.4. The predicted octanol–water partition coefficient (Wildman–Crippen LogP) is 4.29. The SMILES string of the molecule is COCc1nnc(SCc2ccccc2C(=O)NCc2ccco2)n1Cc1ccccc1. The van der Waals surface area contributed by atoms with E-state index < -0.39 is 0 Å². The van der Waals surface area contributed by atoms with Gasteiger partial charge in [-0.2, -0.15) is 0 Å². The lowest BCUT2D eigenvalue weighted by Crippen LogP contribution is -2.23. The monoisotopic (exact) mass is 448 g/mol. The molecule has 0 fully saturated rings. The molecule has 164 valence electrons. The molecule has 0 bridgehead atoms. The largest absolute Gasteiger partial charge is 0.467 e. The summed E-state index contributed by atoms with van der Waals surface area (Å²) in [6.07, 6.45) is 1.59. The minimum Gasteiger partial charge on any atom is -0.467 e. The molecule has 0 aliphatic rings. The molecule has 1 N–H and O–H groups in total. The average Bonchev–Trinajstić information content (AvgIpc) is 3.48. The second-order valence-corrected chi connectivity index (χ2v) is 8.05. The molecule has 32 heavy (non-hydrogen) atoms. The number of furan rings is 1. The van der Waals surface area contributed by atoms with Crippen LogP contribution in [0.2, 0.25) is 0 Å². The third-order valence-corrected chi connectivity index (χ3v) is 5.89. The van der Waals surface area contributed by atoms with Crippen LogP contribution in [-0.4, -0.2) is 27.8 Å². The van der Waals surface area contributed by atoms with Crippen LogP contribution in [0.25, 0.3) is 0 Å². The van der Waals surface area contributed by atoms with Gasteiger partial charge in [-0.1, -0.05) is 60.3 Å². The number of hydrogen-bond acceptors (Lipinski definition) is 6. The molecule has 0 saturated carbocycles. The summed E-state index contributed by atoms with van der Waals surface area (Å²) in [5.74, 6) is 1.93. The van der Waals surface area contributed by atoms with Crippen molar-refractivity contribution in [3.63, 3.8) is 0 Å². The van der Waals surface area contributed by atoms with Crippen molar-refractivity contribution in [1.29, 1.82) is 0 Å². The van der Waals surface area contributed by atoms with Gasteiger partial charge in [-0.05, 0) is 29.3 Å². The Hall–Kier alpha value is -3.36. The lowest BCUT2D eigenvalue weighted by atomic mass is 10.1. The van der Waals surface area contributed by atoms with Crippen molar-refractivity contribution in [1.82, 2.24) is 20.1 Å². The summed E-state index contributed by atoms with van der Waals surface area (Å²) < 4.78 is 12.6. The van der Waals surface area contributed by atoms with Gasteiger partial charge in [-0.3, -0.25) is 9.36 Å². The predicted molar refractivity (Wildman–Crippen MR) is 122 cm³/mol. The first kappa shape index (κ1) is 21.9. The minimum atomic E-state index is -0.136. The second-order valence-electron chi connectivity index (χ2n) is 7.11. The standard InChI is InChI=1S/C24H24N4O3S/c1-30-16-22-26-27-24(28(22)15-18-8-3-2-4-9-18)32-17-19-10-5-6-12-21(19)23(29)25-14-20-11-7-13-31-20/h2-13H,14-17H2,1H3,(H,25,29). The van der Waals surface area contributed by atoms with Crippen molar-refractivity contribution in [3.05, 3.63) is 101 Å². The molecule has 8 heteroatoms. The Morgan fingerprint density at radius 3 is 2.66 bits per heavy atom. The molecule has 2 heterocycles. The van der Waals surface area contributed by atoms with Gasteiger partial charge in [0.15, 0.2) is 11.0 Å². The zero-order chi connectivity index (χ0) is 22.2. The van der Waals surface area contributed by atoms with Gasteiger partial charge in [0.25, 0.3) is 5.91 Å². The van der Waals surface area contributed by atoms with E-state index in [0.29, 0.717) is 36.8 Å². The number of thioether (sulfide) groups is 1. The summed E-state index contributed by atoms with van der Waals surface area (Å²) in [5.41, 5.74) is 2.72. The molecule has 7 nitrogen and oxygen atoms in total. The first-order chi connectivity index (χ1) is 15.7. The van der Waals surface area contributed by atoms with Gasteiger partial charge in [0.05, 0.1) is 19.4 Å². The number of nitrogens with one attached hydrogen (secondary N) is 1. The molecule has 0 aliphatic heterocycles. The summed E-state index contributed by atoms with van der Waals surface area (Å²) in [6.45, 7) is 1.38. The third kappa shape index (κ3) is 5.46. The molecule has 0 unspecified atom stereocenters. The molecule has 0 radical (unpaired) electrons. The number of benzene rings is 2. The second kappa shape index (κ2) is 10.8. The van der Waals surface area contributed by atoms with Crippen LogP contribution in [0.4, 0.5) is 0 Å². The molecule has 2 aromatic heterocycles. The van der Waals surface area contributed by atoms with Crippen molar-refractivity contribution in [2.45, 2.75) is 30.6 Å². The number of amides is 1. The van der Waals surface area contributed by atoms with E-state index in [1.807, 2.05) is 48.5 Å². The molecule has 4 rings (SSSR count). The number of carbonyl (C=O) groups is 1. The minimum absolute atomic E-state index is 0.136. The Balaban J connectivity index is 1.48. The molecule has 0 atom stereocenters. The molecular formula is C24H24N4O3S. The Morgan fingerprint density at radius 2 is 1.88 bits per heavy atom. The Kier molecular flexibility index (Phi) is 7.37. The number of aromatic nitrogens is 3. The van der Waals surface area contributed by atoms with E-state index in [-0.39, 0.29) is 5.91 Å². The fraction of sp³-hybridized carbons (Fsp3) is 0.208. The first-order valence-corrected chi connectivity index (χ1v) is 11.2. The van der Waals surface area contributed by atoms with E-state index in [2.05, 4.69) is 32.2 Å². The van der Waals surface area contributed by atoms with Crippen molar-refractivity contribution in [2.75, 3.05) is 7.11 Å². The van der Waals surface area contributed by atoms with Crippen molar-refractivity contribution in [2.24, 2.45) is 0 Å². The lowest BCUT2D eigenvalue weighted by molar-refractivity contribution is 0.0947. The highest BCUT2D eigenvalue weighted by Gasteiger charge is 2.16. The topological polar surface area (TPSA) is 82.2 Å². The highest BCUT2D eigenvalue weighted by atomic mass is 32.2. The van der Waals surface area contributed by atoms with Crippen LogP contribution in [0.3, 0.4) is 0 Å². The van der Waals surface area contributed by atoms with Gasteiger partial charge < -0.3 is 14.5 Å². The summed E-state index contributed by atoms with van der Waals surface area (Å²) in [5, 5.41) is 12.4. The number of methoxy groups -OCH3 is 1. The number of nitrogens with zero attached hydrogens (tertiary/aromatic N) is 3. The van der Waals surface area contributed by atoms with E-state index in [1.165, 1.54) is 0 Å². The van der Waals surface area contributed by atoms with E-state index in [9.17, 15) is 4.79 Å². The van der Waals surface area contributed by atoms with Crippen LogP contribution in [0, 0.1) is 0 Å². The molecule has 0 saturated heterocycles. The third-order valence-electron chi connectivity index (χ3n) is 4.87. The molecule has 0 spiro atoms. The summed E-state index contributed by atoms with van der Waals surface area (Å²) in [4.78, 5) is 12.8. The quantitative estimate of drug-likeness (QED) is 0.365. The lowest BCUT2D eigenvalue weighted by Gasteiger charge is -2.12. The molecule has 2 aromatic carbocycles. The highest BCUT2D eigenvalue weighted by Crippen LogP contribution is 2.25. The Labute approximate surface area is 190 Å². The van der Waals surface area contributed by atoms with Gasteiger partial charge in [-0.15, -0.1) is 10.2 Å². The van der Waals surface area contributed by atoms with E-state index >= 15 is 0 Å². The Bertz CT molecular complexity index is 1140. The smallest absolute Gasteiger partial charge is 0.251 e. The fourth-order valence-electron chi connectivity index (χ4n) is 3.27. The zero-order valence-electron chi connectivity index (χ0n) is 17.7. The number of rotatable bonds is 10. The Morgan fingerprint density at radius 1 is 1.06 bits per heavy atom. The number of hydrogen-bond donors (Lipinski definition) is 1. The van der Waals surface area contributed by atoms with Gasteiger partial charge >= 0.3 is 0 Å². The average molecular weight is 449 g/mol. The molecule has 0 aliphatic carbocycles. The summed E-state index contributed by atoms with van der Waals surface area (Å²) >= 11 is 1.55. The molecular weight excluding hydrogens is 424 g/mol. The maximum atomic E-state index is 12.8. The maximum absolute atomic E-state index is 12.8. The van der Waals surface area contributed by atoms with E-state index in [0.717, 1.165) is 22.1 Å². The van der Waals surface area contributed by atoms with Crippen molar-refractivity contribution >= 4 is 17.7 Å². The molecule has 1 amide bonds. The van der Waals surface area contributed by atoms with Gasteiger partial charge in [0, 0.05) is 18.4 Å². The maximum Gasteiger partial charge on any atom is 0.251 e. The first-order valence-electron chi connectivity index (χ1n) is 10.2.